The largest absolute Gasteiger partial charge is 0.433 e. The van der Waals surface area contributed by atoms with Gasteiger partial charge in [-0.3, -0.25) is 9.78 Å². The van der Waals surface area contributed by atoms with Gasteiger partial charge in [-0.2, -0.15) is 26.3 Å². The van der Waals surface area contributed by atoms with Gasteiger partial charge in [0.2, 0.25) is 5.91 Å². The average Bonchev–Trinajstić information content (AvgIpc) is 2.77. The monoisotopic (exact) mass is 496 g/mol. The van der Waals surface area contributed by atoms with Crippen molar-refractivity contribution in [2.45, 2.75) is 24.4 Å². The molecule has 1 fully saturated rings. The van der Waals surface area contributed by atoms with Gasteiger partial charge in [-0.25, -0.2) is 0 Å². The topological polar surface area (TPSA) is 71.5 Å². The van der Waals surface area contributed by atoms with Crippen molar-refractivity contribution in [1.82, 2.24) is 4.98 Å². The van der Waals surface area contributed by atoms with E-state index in [-0.39, 0.29) is 24.5 Å². The van der Waals surface area contributed by atoms with E-state index in [0.29, 0.717) is 16.7 Å². The van der Waals surface area contributed by atoms with Gasteiger partial charge in [0.1, 0.15) is 11.1 Å². The van der Waals surface area contributed by atoms with Gasteiger partial charge < -0.3 is 15.2 Å². The van der Waals surface area contributed by atoms with Crippen LogP contribution in [-0.2, 0) is 33.9 Å². The molecular weight excluding hydrogens is 478 g/mol. The Morgan fingerprint density at radius 2 is 1.60 bits per heavy atom. The lowest BCUT2D eigenvalue weighted by molar-refractivity contribution is -0.141. The lowest BCUT2D eigenvalue weighted by Crippen LogP contribution is -2.55. The molecule has 2 heterocycles. The quantitative estimate of drug-likeness (QED) is 0.478. The lowest BCUT2D eigenvalue weighted by Gasteiger charge is -2.40. The van der Waals surface area contributed by atoms with Crippen molar-refractivity contribution < 1.29 is 41.0 Å². The van der Waals surface area contributed by atoms with Gasteiger partial charge in [0, 0.05) is 17.4 Å². The predicted molar refractivity (Wildman–Crippen MR) is 113 cm³/mol. The van der Waals surface area contributed by atoms with Crippen LogP contribution in [0.1, 0.15) is 22.4 Å². The SMILES string of the molecule is O=C(Nc1ccc(C(F)(F)F)cc1)C1(c2ccc(-c3cnc(C(F)(F)F)cc3CO)cc2)COC1. The van der Waals surface area contributed by atoms with Crippen molar-refractivity contribution in [2.75, 3.05) is 18.5 Å². The van der Waals surface area contributed by atoms with Gasteiger partial charge in [0.05, 0.1) is 25.4 Å². The number of anilines is 1. The van der Waals surface area contributed by atoms with E-state index >= 15 is 0 Å². The second-order valence-electron chi connectivity index (χ2n) is 8.06. The van der Waals surface area contributed by atoms with Crippen molar-refractivity contribution >= 4 is 11.6 Å². The minimum atomic E-state index is -4.65. The van der Waals surface area contributed by atoms with E-state index in [1.165, 1.54) is 0 Å². The molecule has 4 rings (SSSR count). The molecule has 0 aliphatic carbocycles. The number of hydrogen-bond donors (Lipinski definition) is 2. The molecule has 1 amide bonds. The van der Waals surface area contributed by atoms with Crippen molar-refractivity contribution in [3.05, 3.63) is 83.2 Å². The summed E-state index contributed by atoms with van der Waals surface area (Å²) in [6, 6.07) is 11.2. The standard InChI is InChI=1S/C24H18F6N2O3/c25-23(26,27)17-5-7-18(8-6-17)32-21(34)22(12-35-13-22)16-3-1-14(2-4-16)19-10-31-20(24(28,29)30)9-15(19)11-33/h1-10,33H,11-13H2,(H,32,34). The first-order valence-corrected chi connectivity index (χ1v) is 10.3. The number of nitrogens with one attached hydrogen (secondary N) is 1. The van der Waals surface area contributed by atoms with Crippen LogP contribution in [0.25, 0.3) is 11.1 Å². The van der Waals surface area contributed by atoms with E-state index in [1.807, 2.05) is 0 Å². The van der Waals surface area contributed by atoms with Gasteiger partial charge in [-0.05, 0) is 47.0 Å². The van der Waals surface area contributed by atoms with Crippen LogP contribution >= 0.6 is 0 Å². The highest BCUT2D eigenvalue weighted by Crippen LogP contribution is 2.37. The van der Waals surface area contributed by atoms with Gasteiger partial charge in [-0.1, -0.05) is 24.3 Å². The number of alkyl halides is 6. The van der Waals surface area contributed by atoms with Gasteiger partial charge in [-0.15, -0.1) is 0 Å². The number of aliphatic hydroxyl groups is 1. The van der Waals surface area contributed by atoms with Crippen LogP contribution in [0, 0.1) is 0 Å². The maximum absolute atomic E-state index is 13.0. The molecular formula is C24H18F6N2O3. The van der Waals surface area contributed by atoms with Crippen LogP contribution in [0.5, 0.6) is 0 Å². The minimum absolute atomic E-state index is 0.0433. The van der Waals surface area contributed by atoms with E-state index in [2.05, 4.69) is 10.3 Å². The normalized spacial score (nSPS) is 15.4. The maximum atomic E-state index is 13.0. The molecule has 0 bridgehead atoms. The third kappa shape index (κ3) is 4.87. The Hall–Kier alpha value is -3.44. The average molecular weight is 496 g/mol. The minimum Gasteiger partial charge on any atom is -0.392 e. The number of amides is 1. The summed E-state index contributed by atoms with van der Waals surface area (Å²) in [6.45, 7) is -0.541. The highest BCUT2D eigenvalue weighted by molar-refractivity contribution is 6.00. The van der Waals surface area contributed by atoms with Crippen LogP contribution in [-0.4, -0.2) is 29.2 Å². The number of carbonyl (C=O) groups excluding carboxylic acids is 1. The molecule has 184 valence electrons. The highest BCUT2D eigenvalue weighted by atomic mass is 19.4. The third-order valence-electron chi connectivity index (χ3n) is 5.80. The number of aromatic nitrogens is 1. The molecule has 0 atom stereocenters. The number of benzene rings is 2. The van der Waals surface area contributed by atoms with E-state index in [0.717, 1.165) is 36.5 Å². The summed E-state index contributed by atoms with van der Waals surface area (Å²) in [5.74, 6) is -0.469. The van der Waals surface area contributed by atoms with Gasteiger partial charge in [0.15, 0.2) is 0 Å². The molecule has 35 heavy (non-hydrogen) atoms. The lowest BCUT2D eigenvalue weighted by atomic mass is 9.77. The molecule has 1 saturated heterocycles. The summed E-state index contributed by atoms with van der Waals surface area (Å²) in [5.41, 5.74) is -1.46. The summed E-state index contributed by atoms with van der Waals surface area (Å²) in [4.78, 5) is 16.5. The van der Waals surface area contributed by atoms with E-state index < -0.39 is 41.5 Å². The molecule has 2 aromatic carbocycles. The molecule has 11 heteroatoms. The molecule has 5 nitrogen and oxygen atoms in total. The molecule has 0 spiro atoms. The van der Waals surface area contributed by atoms with Crippen molar-refractivity contribution in [1.29, 1.82) is 0 Å². The molecule has 0 radical (unpaired) electrons. The Morgan fingerprint density at radius 3 is 2.09 bits per heavy atom. The number of halogens is 6. The number of carbonyl (C=O) groups is 1. The maximum Gasteiger partial charge on any atom is 0.433 e. The summed E-state index contributed by atoms with van der Waals surface area (Å²) in [5, 5.41) is 12.2. The van der Waals surface area contributed by atoms with Crippen molar-refractivity contribution in [2.24, 2.45) is 0 Å². The van der Waals surface area contributed by atoms with Crippen LogP contribution in [0.3, 0.4) is 0 Å². The Balaban J connectivity index is 1.56. The van der Waals surface area contributed by atoms with Crippen molar-refractivity contribution in [3.8, 4) is 11.1 Å². The van der Waals surface area contributed by atoms with Gasteiger partial charge in [0.25, 0.3) is 0 Å². The predicted octanol–water partition coefficient (Wildman–Crippen LogP) is 5.19. The summed E-state index contributed by atoms with van der Waals surface area (Å²) in [6.07, 6.45) is -8.11. The Bertz CT molecular complexity index is 1220. The number of rotatable bonds is 5. The zero-order valence-corrected chi connectivity index (χ0v) is 17.9. The first-order valence-electron chi connectivity index (χ1n) is 10.3. The van der Waals surface area contributed by atoms with Gasteiger partial charge >= 0.3 is 12.4 Å². The second-order valence-corrected chi connectivity index (χ2v) is 8.06. The van der Waals surface area contributed by atoms with Crippen molar-refractivity contribution in [3.63, 3.8) is 0 Å². The fraction of sp³-hybridized carbons (Fsp3) is 0.250. The first kappa shape index (κ1) is 24.7. The molecule has 1 aromatic heterocycles. The van der Waals surface area contributed by atoms with Crippen LogP contribution in [0.4, 0.5) is 32.0 Å². The molecule has 2 N–H and O–H groups in total. The van der Waals surface area contributed by atoms with E-state index in [1.54, 1.807) is 24.3 Å². The Morgan fingerprint density at radius 1 is 0.971 bits per heavy atom. The fourth-order valence-electron chi connectivity index (χ4n) is 3.74. The number of pyridine rings is 1. The molecule has 0 saturated carbocycles. The molecule has 3 aromatic rings. The smallest absolute Gasteiger partial charge is 0.392 e. The van der Waals surface area contributed by atoms with Crippen LogP contribution in [0.15, 0.2) is 60.8 Å². The zero-order chi connectivity index (χ0) is 25.4. The second kappa shape index (κ2) is 8.97. The highest BCUT2D eigenvalue weighted by Gasteiger charge is 2.47. The first-order chi connectivity index (χ1) is 16.4. The Kier molecular flexibility index (Phi) is 6.32. The number of hydrogen-bond acceptors (Lipinski definition) is 4. The number of nitrogens with zero attached hydrogens (tertiary/aromatic N) is 1. The zero-order valence-electron chi connectivity index (χ0n) is 17.9. The summed E-state index contributed by atoms with van der Waals surface area (Å²) >= 11 is 0. The third-order valence-corrected chi connectivity index (χ3v) is 5.80. The number of aliphatic hydroxyl groups excluding tert-OH is 1. The van der Waals surface area contributed by atoms with E-state index in [9.17, 15) is 36.2 Å². The molecule has 0 unspecified atom stereocenters. The van der Waals surface area contributed by atoms with Crippen LogP contribution < -0.4 is 5.32 Å². The molecule has 1 aliphatic rings. The number of ether oxygens (including phenoxy) is 1. The summed E-state index contributed by atoms with van der Waals surface area (Å²) < 4.78 is 82.3. The Labute approximate surface area is 195 Å². The summed E-state index contributed by atoms with van der Waals surface area (Å²) in [7, 11) is 0. The molecule has 1 aliphatic heterocycles. The van der Waals surface area contributed by atoms with Crippen LogP contribution in [0.2, 0.25) is 0 Å². The van der Waals surface area contributed by atoms with E-state index in [4.69, 9.17) is 4.74 Å². The fourth-order valence-corrected chi connectivity index (χ4v) is 3.74.